The van der Waals surface area contributed by atoms with Crippen LogP contribution in [0.15, 0.2) is 77.4 Å². The van der Waals surface area contributed by atoms with Crippen LogP contribution in [0.25, 0.3) is 16.3 Å². The number of rotatable bonds is 3. The zero-order chi connectivity index (χ0) is 21.5. The zero-order valence-corrected chi connectivity index (χ0v) is 18.0. The van der Waals surface area contributed by atoms with Gasteiger partial charge in [-0.05, 0) is 29.8 Å². The molecule has 1 aromatic heterocycles. The monoisotopic (exact) mass is 467 g/mol. The molecule has 0 fully saturated rings. The average Bonchev–Trinajstić information content (AvgIpc) is 3.35. The molecule has 8 heteroatoms. The second kappa shape index (κ2) is 7.89. The second-order valence-corrected chi connectivity index (χ2v) is 8.46. The molecule has 2 heterocycles. The molecule has 0 radical (unpaired) electrons. The van der Waals surface area contributed by atoms with Gasteiger partial charge in [0.15, 0.2) is 5.13 Å². The van der Waals surface area contributed by atoms with Crippen LogP contribution in [-0.4, -0.2) is 16.7 Å². The first-order valence-corrected chi connectivity index (χ1v) is 10.8. The first kappa shape index (κ1) is 19.9. The molecule has 0 N–H and O–H groups in total. The highest BCUT2D eigenvalue weighted by atomic mass is 35.5. The summed E-state index contributed by atoms with van der Waals surface area (Å²) in [6, 6.07) is 19.3. The SMILES string of the molecule is O=C1C(=Cc2ccccc2Cl)N=C(c2ccccc2)N1c1nc2ccc(F)c(Cl)c2s1. The minimum Gasteiger partial charge on any atom is -0.266 e. The summed E-state index contributed by atoms with van der Waals surface area (Å²) in [5, 5.41) is 0.857. The fraction of sp³-hybridized carbons (Fsp3) is 0. The van der Waals surface area contributed by atoms with E-state index in [1.807, 2.05) is 48.5 Å². The van der Waals surface area contributed by atoms with Crippen LogP contribution in [0.3, 0.4) is 0 Å². The third-order valence-electron chi connectivity index (χ3n) is 4.72. The summed E-state index contributed by atoms with van der Waals surface area (Å²) >= 11 is 13.5. The fourth-order valence-electron chi connectivity index (χ4n) is 3.23. The molecule has 4 nitrogen and oxygen atoms in total. The van der Waals surface area contributed by atoms with E-state index in [4.69, 9.17) is 23.2 Å². The fourth-order valence-corrected chi connectivity index (χ4v) is 4.69. The van der Waals surface area contributed by atoms with Gasteiger partial charge in [-0.15, -0.1) is 0 Å². The number of anilines is 1. The van der Waals surface area contributed by atoms with Gasteiger partial charge in [-0.2, -0.15) is 0 Å². The number of carbonyl (C=O) groups excluding carboxylic acids is 1. The average molecular weight is 468 g/mol. The van der Waals surface area contributed by atoms with E-state index >= 15 is 0 Å². The number of fused-ring (bicyclic) bond motifs is 1. The molecule has 0 spiro atoms. The van der Waals surface area contributed by atoms with Crippen LogP contribution in [0.4, 0.5) is 9.52 Å². The van der Waals surface area contributed by atoms with Crippen molar-refractivity contribution >= 4 is 67.7 Å². The maximum absolute atomic E-state index is 13.9. The molecule has 0 saturated carbocycles. The zero-order valence-electron chi connectivity index (χ0n) is 15.7. The van der Waals surface area contributed by atoms with Crippen molar-refractivity contribution in [3.05, 3.63) is 99.4 Å². The quantitative estimate of drug-likeness (QED) is 0.319. The number of carbonyl (C=O) groups is 1. The largest absolute Gasteiger partial charge is 0.284 e. The number of aromatic nitrogens is 1. The Morgan fingerprint density at radius 3 is 2.48 bits per heavy atom. The first-order chi connectivity index (χ1) is 15.0. The number of benzene rings is 3. The number of hydrogen-bond acceptors (Lipinski definition) is 4. The highest BCUT2D eigenvalue weighted by Crippen LogP contribution is 2.38. The van der Waals surface area contributed by atoms with E-state index in [0.29, 0.717) is 31.8 Å². The lowest BCUT2D eigenvalue weighted by molar-refractivity contribution is -0.113. The molecule has 5 rings (SSSR count). The standard InChI is InChI=1S/C23H12Cl2FN3OS/c24-15-9-5-4-8-14(15)12-18-22(30)29(21(27-18)13-6-2-1-3-7-13)23-28-17-11-10-16(26)19(25)20(17)31-23/h1-12H. The topological polar surface area (TPSA) is 45.6 Å². The van der Waals surface area contributed by atoms with Crippen LogP contribution in [0, 0.1) is 5.82 Å². The smallest absolute Gasteiger partial charge is 0.266 e. The summed E-state index contributed by atoms with van der Waals surface area (Å²) < 4.78 is 14.4. The Bertz CT molecular complexity index is 1400. The van der Waals surface area contributed by atoms with Gasteiger partial charge in [0.2, 0.25) is 0 Å². The Morgan fingerprint density at radius 2 is 1.71 bits per heavy atom. The van der Waals surface area contributed by atoms with E-state index in [9.17, 15) is 9.18 Å². The Balaban J connectivity index is 1.67. The van der Waals surface area contributed by atoms with Crippen molar-refractivity contribution in [3.8, 4) is 0 Å². The molecule has 4 aromatic rings. The summed E-state index contributed by atoms with van der Waals surface area (Å²) in [7, 11) is 0. The van der Waals surface area contributed by atoms with Crippen LogP contribution in [0.2, 0.25) is 10.0 Å². The van der Waals surface area contributed by atoms with Crippen molar-refractivity contribution in [1.82, 2.24) is 4.98 Å². The van der Waals surface area contributed by atoms with Crippen molar-refractivity contribution in [1.29, 1.82) is 0 Å². The van der Waals surface area contributed by atoms with Crippen molar-refractivity contribution in [2.24, 2.45) is 4.99 Å². The Morgan fingerprint density at radius 1 is 0.968 bits per heavy atom. The molecule has 1 aliphatic rings. The molecule has 0 saturated heterocycles. The lowest BCUT2D eigenvalue weighted by atomic mass is 10.2. The van der Waals surface area contributed by atoms with Gasteiger partial charge in [0.05, 0.1) is 15.2 Å². The van der Waals surface area contributed by atoms with Crippen molar-refractivity contribution in [2.45, 2.75) is 0 Å². The normalized spacial score (nSPS) is 15.2. The van der Waals surface area contributed by atoms with Crippen molar-refractivity contribution < 1.29 is 9.18 Å². The minimum atomic E-state index is -0.534. The maximum atomic E-state index is 13.9. The van der Waals surface area contributed by atoms with Crippen molar-refractivity contribution in [2.75, 3.05) is 4.90 Å². The predicted octanol–water partition coefficient (Wildman–Crippen LogP) is 6.58. The molecule has 31 heavy (non-hydrogen) atoms. The van der Waals surface area contributed by atoms with Gasteiger partial charge < -0.3 is 0 Å². The molecule has 0 aliphatic carbocycles. The number of hydrogen-bond donors (Lipinski definition) is 0. The molecule has 0 unspecified atom stereocenters. The Kier molecular flexibility index (Phi) is 5.06. The van der Waals surface area contributed by atoms with Gasteiger partial charge >= 0.3 is 0 Å². The van der Waals surface area contributed by atoms with Crippen LogP contribution in [0.5, 0.6) is 0 Å². The summed E-state index contributed by atoms with van der Waals surface area (Å²) in [5.74, 6) is -0.456. The van der Waals surface area contributed by atoms with Gasteiger partial charge in [0.25, 0.3) is 5.91 Å². The Labute approximate surface area is 190 Å². The lowest BCUT2D eigenvalue weighted by Crippen LogP contribution is -2.32. The van der Waals surface area contributed by atoms with Crippen LogP contribution >= 0.6 is 34.5 Å². The van der Waals surface area contributed by atoms with Gasteiger partial charge in [-0.25, -0.2) is 19.3 Å². The van der Waals surface area contributed by atoms with Gasteiger partial charge in [0, 0.05) is 10.6 Å². The van der Waals surface area contributed by atoms with E-state index < -0.39 is 5.82 Å². The summed E-state index contributed by atoms with van der Waals surface area (Å²) in [5.41, 5.74) is 2.16. The van der Waals surface area contributed by atoms with E-state index in [1.54, 1.807) is 12.1 Å². The predicted molar refractivity (Wildman–Crippen MR) is 124 cm³/mol. The van der Waals surface area contributed by atoms with Gasteiger partial charge in [-0.3, -0.25) is 4.79 Å². The number of amidine groups is 1. The van der Waals surface area contributed by atoms with E-state index in [1.165, 1.54) is 17.0 Å². The van der Waals surface area contributed by atoms with Crippen LogP contribution in [0.1, 0.15) is 11.1 Å². The molecular formula is C23H12Cl2FN3OS. The summed E-state index contributed by atoms with van der Waals surface area (Å²) in [6.45, 7) is 0. The number of aliphatic imine (C=N–C) groups is 1. The first-order valence-electron chi connectivity index (χ1n) is 9.22. The van der Waals surface area contributed by atoms with E-state index in [0.717, 1.165) is 16.9 Å². The van der Waals surface area contributed by atoms with Crippen LogP contribution in [-0.2, 0) is 4.79 Å². The highest BCUT2D eigenvalue weighted by molar-refractivity contribution is 7.23. The number of thiazole rings is 1. The molecular weight excluding hydrogens is 456 g/mol. The van der Waals surface area contributed by atoms with Crippen LogP contribution < -0.4 is 4.90 Å². The van der Waals surface area contributed by atoms with Crippen molar-refractivity contribution in [3.63, 3.8) is 0 Å². The minimum absolute atomic E-state index is 0.0158. The van der Waals surface area contributed by atoms with E-state index in [2.05, 4.69) is 9.98 Å². The molecule has 3 aromatic carbocycles. The second-order valence-electron chi connectivity index (χ2n) is 6.70. The number of nitrogens with zero attached hydrogens (tertiary/aromatic N) is 3. The molecule has 152 valence electrons. The molecule has 1 aliphatic heterocycles. The summed E-state index contributed by atoms with van der Waals surface area (Å²) in [6.07, 6.45) is 1.65. The number of amides is 1. The molecule has 0 atom stereocenters. The number of halogens is 3. The molecule has 0 bridgehead atoms. The van der Waals surface area contributed by atoms with Gasteiger partial charge in [-0.1, -0.05) is 83.1 Å². The molecule has 1 amide bonds. The highest BCUT2D eigenvalue weighted by Gasteiger charge is 2.35. The lowest BCUT2D eigenvalue weighted by Gasteiger charge is -2.14. The summed E-state index contributed by atoms with van der Waals surface area (Å²) in [4.78, 5) is 23.9. The third kappa shape index (κ3) is 3.53. The van der Waals surface area contributed by atoms with Gasteiger partial charge in [0.1, 0.15) is 17.3 Å². The third-order valence-corrected chi connectivity index (χ3v) is 6.62. The Hall–Kier alpha value is -3.06. The van der Waals surface area contributed by atoms with E-state index in [-0.39, 0.29) is 16.6 Å². The maximum Gasteiger partial charge on any atom is 0.284 e.